The first-order chi connectivity index (χ1) is 14.9. The number of benzene rings is 1. The molecule has 0 fully saturated rings. The number of esters is 1. The molecular formula is C22H20BrN3O5. The summed E-state index contributed by atoms with van der Waals surface area (Å²) in [5, 5.41) is 2.59. The van der Waals surface area contributed by atoms with Crippen molar-refractivity contribution < 1.29 is 19.1 Å². The number of rotatable bonds is 9. The average molecular weight is 486 g/mol. The first kappa shape index (κ1) is 22.4. The van der Waals surface area contributed by atoms with E-state index in [1.54, 1.807) is 42.6 Å². The van der Waals surface area contributed by atoms with Crippen molar-refractivity contribution in [2.45, 2.75) is 25.9 Å². The molecule has 0 aliphatic carbocycles. The first-order valence-electron chi connectivity index (χ1n) is 9.61. The number of hydrogen-bond donors (Lipinski definition) is 1. The average Bonchev–Trinajstić information content (AvgIpc) is 2.77. The van der Waals surface area contributed by atoms with Gasteiger partial charge in [0.1, 0.15) is 12.3 Å². The van der Waals surface area contributed by atoms with Crippen molar-refractivity contribution in [2.24, 2.45) is 0 Å². The summed E-state index contributed by atoms with van der Waals surface area (Å²) in [4.78, 5) is 52.2. The first-order valence-corrected chi connectivity index (χ1v) is 10.4. The summed E-state index contributed by atoms with van der Waals surface area (Å²) in [6.07, 6.45) is 1.72. The van der Waals surface area contributed by atoms with E-state index in [1.807, 2.05) is 6.07 Å². The number of amides is 1. The summed E-state index contributed by atoms with van der Waals surface area (Å²) in [6.45, 7) is -0.0425. The van der Waals surface area contributed by atoms with Gasteiger partial charge in [0.25, 0.3) is 5.56 Å². The molecule has 0 aliphatic heterocycles. The predicted molar refractivity (Wildman–Crippen MR) is 117 cm³/mol. The molecule has 0 aliphatic rings. The number of hydrogen-bond acceptors (Lipinski definition) is 6. The zero-order valence-corrected chi connectivity index (χ0v) is 18.1. The van der Waals surface area contributed by atoms with Crippen LogP contribution >= 0.6 is 15.9 Å². The highest BCUT2D eigenvalue weighted by Gasteiger charge is 2.11. The van der Waals surface area contributed by atoms with E-state index in [0.29, 0.717) is 16.9 Å². The van der Waals surface area contributed by atoms with Gasteiger partial charge in [0.15, 0.2) is 5.78 Å². The molecule has 2 aromatic heterocycles. The fourth-order valence-corrected chi connectivity index (χ4v) is 3.15. The summed E-state index contributed by atoms with van der Waals surface area (Å²) in [5.74, 6) is -0.952. The van der Waals surface area contributed by atoms with Crippen LogP contribution in [0.2, 0.25) is 0 Å². The third-order valence-corrected chi connectivity index (χ3v) is 4.85. The van der Waals surface area contributed by atoms with Gasteiger partial charge in [-0.25, -0.2) is 4.98 Å². The Balaban J connectivity index is 1.39. The van der Waals surface area contributed by atoms with Gasteiger partial charge in [0.2, 0.25) is 5.91 Å². The van der Waals surface area contributed by atoms with E-state index < -0.39 is 5.97 Å². The van der Waals surface area contributed by atoms with Gasteiger partial charge in [-0.15, -0.1) is 0 Å². The van der Waals surface area contributed by atoms with Gasteiger partial charge in [-0.2, -0.15) is 0 Å². The van der Waals surface area contributed by atoms with Gasteiger partial charge >= 0.3 is 5.97 Å². The number of pyridine rings is 1. The Morgan fingerprint density at radius 2 is 1.81 bits per heavy atom. The van der Waals surface area contributed by atoms with E-state index in [9.17, 15) is 19.2 Å². The van der Waals surface area contributed by atoms with Crippen molar-refractivity contribution in [3.63, 3.8) is 0 Å². The van der Waals surface area contributed by atoms with Gasteiger partial charge in [0.05, 0.1) is 12.1 Å². The molecule has 160 valence electrons. The van der Waals surface area contributed by atoms with Gasteiger partial charge in [-0.3, -0.25) is 23.6 Å². The van der Waals surface area contributed by atoms with Crippen LogP contribution in [0.5, 0.6) is 0 Å². The molecule has 31 heavy (non-hydrogen) atoms. The van der Waals surface area contributed by atoms with Gasteiger partial charge in [-0.1, -0.05) is 30.3 Å². The highest BCUT2D eigenvalue weighted by Crippen LogP contribution is 2.10. The van der Waals surface area contributed by atoms with E-state index in [0.717, 1.165) is 4.47 Å². The van der Waals surface area contributed by atoms with Crippen molar-refractivity contribution in [3.8, 4) is 0 Å². The molecule has 3 rings (SSSR count). The van der Waals surface area contributed by atoms with Crippen LogP contribution in [0.15, 0.2) is 64.0 Å². The quantitative estimate of drug-likeness (QED) is 0.368. The molecule has 3 aromatic rings. The SMILES string of the molecule is O=C(CCC(=O)c1ccccc1)NCCC(=O)OCc1cc(=O)n2cc(Br)ccc2n1. The Hall–Kier alpha value is -3.33. The molecule has 8 nitrogen and oxygen atoms in total. The number of ketones is 1. The van der Waals surface area contributed by atoms with Crippen LogP contribution in [0.4, 0.5) is 0 Å². The van der Waals surface area contributed by atoms with Crippen LogP contribution in [0.3, 0.4) is 0 Å². The number of nitrogens with zero attached hydrogens (tertiary/aromatic N) is 2. The summed E-state index contributed by atoms with van der Waals surface area (Å²) in [5.41, 5.74) is 1.06. The molecule has 0 unspecified atom stereocenters. The van der Waals surface area contributed by atoms with Crippen LogP contribution < -0.4 is 10.9 Å². The molecule has 0 radical (unpaired) electrons. The number of carbonyl (C=O) groups excluding carboxylic acids is 3. The minimum absolute atomic E-state index is 0.0299. The van der Waals surface area contributed by atoms with Crippen molar-refractivity contribution in [1.82, 2.24) is 14.7 Å². The van der Waals surface area contributed by atoms with Crippen molar-refractivity contribution in [2.75, 3.05) is 6.54 Å². The second-order valence-corrected chi connectivity index (χ2v) is 7.63. The Morgan fingerprint density at radius 1 is 1.03 bits per heavy atom. The maximum absolute atomic E-state index is 12.1. The summed E-state index contributed by atoms with van der Waals surface area (Å²) in [6, 6.07) is 13.5. The normalized spacial score (nSPS) is 10.6. The minimum Gasteiger partial charge on any atom is -0.459 e. The molecule has 1 aromatic carbocycles. The maximum atomic E-state index is 12.1. The highest BCUT2D eigenvalue weighted by atomic mass is 79.9. The number of fused-ring (bicyclic) bond motifs is 1. The molecule has 0 saturated heterocycles. The van der Waals surface area contributed by atoms with Crippen molar-refractivity contribution >= 4 is 39.2 Å². The predicted octanol–water partition coefficient (Wildman–Crippen LogP) is 2.67. The Labute approximate surface area is 186 Å². The fraction of sp³-hybridized carbons (Fsp3) is 0.227. The zero-order chi connectivity index (χ0) is 22.2. The lowest BCUT2D eigenvalue weighted by atomic mass is 10.1. The number of aromatic nitrogens is 2. The Kier molecular flexibility index (Phi) is 7.66. The summed E-state index contributed by atoms with van der Waals surface area (Å²) < 4.78 is 7.26. The van der Waals surface area contributed by atoms with Gasteiger partial charge < -0.3 is 10.1 Å². The van der Waals surface area contributed by atoms with Crippen LogP contribution in [-0.4, -0.2) is 33.6 Å². The largest absolute Gasteiger partial charge is 0.459 e. The second kappa shape index (κ2) is 10.6. The van der Waals surface area contributed by atoms with Crippen molar-refractivity contribution in [1.29, 1.82) is 0 Å². The Bertz CT molecular complexity index is 1160. The number of Topliss-reactive ketones (excluding diaryl/α,β-unsaturated/α-hetero) is 1. The molecule has 0 atom stereocenters. The third kappa shape index (κ3) is 6.58. The smallest absolute Gasteiger partial charge is 0.307 e. The molecule has 9 heteroatoms. The molecule has 2 heterocycles. The van der Waals surface area contributed by atoms with Crippen LogP contribution in [0.25, 0.3) is 5.65 Å². The molecule has 1 amide bonds. The standard InChI is InChI=1S/C22H20BrN3O5/c23-16-6-8-19-25-17(12-21(29)26(19)13-16)14-31-22(30)10-11-24-20(28)9-7-18(27)15-4-2-1-3-5-15/h1-6,8,12-13H,7,9-11,14H2,(H,24,28). The topological polar surface area (TPSA) is 107 Å². The minimum atomic E-state index is -0.529. The lowest BCUT2D eigenvalue weighted by Gasteiger charge is -2.07. The van der Waals surface area contributed by atoms with Crippen LogP contribution in [-0.2, 0) is 20.9 Å². The van der Waals surface area contributed by atoms with Crippen molar-refractivity contribution in [3.05, 3.63) is 80.8 Å². The van der Waals surface area contributed by atoms with E-state index in [4.69, 9.17) is 4.74 Å². The molecular weight excluding hydrogens is 466 g/mol. The lowest BCUT2D eigenvalue weighted by molar-refractivity contribution is -0.145. The molecule has 0 spiro atoms. The monoisotopic (exact) mass is 485 g/mol. The second-order valence-electron chi connectivity index (χ2n) is 6.71. The molecule has 0 bridgehead atoms. The van der Waals surface area contributed by atoms with E-state index in [-0.39, 0.29) is 49.7 Å². The molecule has 1 N–H and O–H groups in total. The Morgan fingerprint density at radius 3 is 2.58 bits per heavy atom. The zero-order valence-electron chi connectivity index (χ0n) is 16.5. The van der Waals surface area contributed by atoms with Crippen LogP contribution in [0, 0.1) is 0 Å². The van der Waals surface area contributed by atoms with Gasteiger partial charge in [0, 0.05) is 41.7 Å². The van der Waals surface area contributed by atoms with E-state index in [1.165, 1.54) is 10.5 Å². The summed E-state index contributed by atoms with van der Waals surface area (Å²) in [7, 11) is 0. The highest BCUT2D eigenvalue weighted by molar-refractivity contribution is 9.10. The number of ether oxygens (including phenoxy) is 1. The van der Waals surface area contributed by atoms with E-state index in [2.05, 4.69) is 26.2 Å². The fourth-order valence-electron chi connectivity index (χ4n) is 2.81. The summed E-state index contributed by atoms with van der Waals surface area (Å²) >= 11 is 3.29. The van der Waals surface area contributed by atoms with E-state index >= 15 is 0 Å². The number of nitrogens with one attached hydrogen (secondary N) is 1. The van der Waals surface area contributed by atoms with Crippen LogP contribution in [0.1, 0.15) is 35.3 Å². The third-order valence-electron chi connectivity index (χ3n) is 4.38. The molecule has 0 saturated carbocycles. The lowest BCUT2D eigenvalue weighted by Crippen LogP contribution is -2.27. The maximum Gasteiger partial charge on any atom is 0.307 e. The number of carbonyl (C=O) groups is 3. The number of halogens is 1. The van der Waals surface area contributed by atoms with Gasteiger partial charge in [-0.05, 0) is 28.1 Å².